The van der Waals surface area contributed by atoms with Crippen molar-refractivity contribution in [3.63, 3.8) is 0 Å². The third kappa shape index (κ3) is 4.29. The Morgan fingerprint density at radius 1 is 1.38 bits per heavy atom. The van der Waals surface area contributed by atoms with Crippen LogP contribution in [0.1, 0.15) is 56.3 Å². The van der Waals surface area contributed by atoms with Gasteiger partial charge < -0.3 is 0 Å². The molecule has 16 heavy (non-hydrogen) atoms. The maximum Gasteiger partial charge on any atom is 0.0632 e. The van der Waals surface area contributed by atoms with Crippen molar-refractivity contribution >= 4 is 0 Å². The van der Waals surface area contributed by atoms with E-state index in [2.05, 4.69) is 30.3 Å². The van der Waals surface area contributed by atoms with Gasteiger partial charge in [0.2, 0.25) is 0 Å². The summed E-state index contributed by atoms with van der Waals surface area (Å²) in [6.45, 7) is 4.30. The predicted molar refractivity (Wildman–Crippen MR) is 67.8 cm³/mol. The topological polar surface area (TPSA) is 50.9 Å². The van der Waals surface area contributed by atoms with E-state index in [0.29, 0.717) is 0 Å². The highest BCUT2D eigenvalue weighted by Crippen LogP contribution is 2.18. The smallest absolute Gasteiger partial charge is 0.0632 e. The fourth-order valence-electron chi connectivity index (χ4n) is 1.84. The van der Waals surface area contributed by atoms with Crippen LogP contribution in [0, 0.1) is 6.92 Å². The molecule has 1 aromatic rings. The summed E-state index contributed by atoms with van der Waals surface area (Å²) in [5.74, 6) is 5.58. The molecular formula is C13H23N3. The zero-order valence-electron chi connectivity index (χ0n) is 10.4. The zero-order chi connectivity index (χ0) is 11.8. The van der Waals surface area contributed by atoms with Crippen molar-refractivity contribution in [2.24, 2.45) is 5.84 Å². The second kappa shape index (κ2) is 7.36. The molecule has 1 unspecified atom stereocenters. The standard InChI is InChI=1S/C13H23N3/c1-3-4-5-6-7-12(16-14)13-10-11(2)8-9-15-13/h8-10,12,16H,3-7,14H2,1-2H3. The first-order chi connectivity index (χ1) is 7.77. The SMILES string of the molecule is CCCCCCC(NN)c1cc(C)ccn1. The number of aryl methyl sites for hydroxylation is 1. The Kier molecular flexibility index (Phi) is 6.04. The Hall–Kier alpha value is -0.930. The van der Waals surface area contributed by atoms with Gasteiger partial charge in [0.15, 0.2) is 0 Å². The summed E-state index contributed by atoms with van der Waals surface area (Å²) in [4.78, 5) is 4.37. The highest BCUT2D eigenvalue weighted by Gasteiger charge is 2.10. The molecule has 0 spiro atoms. The van der Waals surface area contributed by atoms with Gasteiger partial charge in [0.25, 0.3) is 0 Å². The lowest BCUT2D eigenvalue weighted by Gasteiger charge is -2.15. The minimum Gasteiger partial charge on any atom is -0.271 e. The lowest BCUT2D eigenvalue weighted by Crippen LogP contribution is -2.28. The van der Waals surface area contributed by atoms with Crippen molar-refractivity contribution in [2.75, 3.05) is 0 Å². The summed E-state index contributed by atoms with van der Waals surface area (Å²) in [5.41, 5.74) is 5.15. The Bertz CT molecular complexity index is 299. The lowest BCUT2D eigenvalue weighted by atomic mass is 10.0. The van der Waals surface area contributed by atoms with E-state index in [9.17, 15) is 0 Å². The number of aromatic nitrogens is 1. The number of hydrogen-bond acceptors (Lipinski definition) is 3. The van der Waals surface area contributed by atoms with Crippen LogP contribution in [0.3, 0.4) is 0 Å². The van der Waals surface area contributed by atoms with E-state index in [4.69, 9.17) is 5.84 Å². The molecule has 0 saturated heterocycles. The van der Waals surface area contributed by atoms with Crippen LogP contribution in [0.25, 0.3) is 0 Å². The molecule has 3 nitrogen and oxygen atoms in total. The van der Waals surface area contributed by atoms with Gasteiger partial charge in [-0.15, -0.1) is 0 Å². The predicted octanol–water partition coefficient (Wildman–Crippen LogP) is 2.86. The van der Waals surface area contributed by atoms with Crippen molar-refractivity contribution in [3.8, 4) is 0 Å². The van der Waals surface area contributed by atoms with Crippen LogP contribution >= 0.6 is 0 Å². The normalized spacial score (nSPS) is 12.7. The van der Waals surface area contributed by atoms with Gasteiger partial charge in [-0.2, -0.15) is 0 Å². The molecule has 0 aliphatic rings. The van der Waals surface area contributed by atoms with E-state index in [1.807, 2.05) is 12.3 Å². The first-order valence-corrected chi connectivity index (χ1v) is 6.16. The molecule has 0 aliphatic heterocycles. The number of nitrogens with zero attached hydrogens (tertiary/aromatic N) is 1. The van der Waals surface area contributed by atoms with E-state index in [0.717, 1.165) is 12.1 Å². The molecule has 3 N–H and O–H groups in total. The lowest BCUT2D eigenvalue weighted by molar-refractivity contribution is 0.472. The van der Waals surface area contributed by atoms with Gasteiger partial charge >= 0.3 is 0 Å². The Morgan fingerprint density at radius 2 is 2.19 bits per heavy atom. The molecule has 0 radical (unpaired) electrons. The highest BCUT2D eigenvalue weighted by molar-refractivity contribution is 5.17. The van der Waals surface area contributed by atoms with Gasteiger partial charge in [0.05, 0.1) is 11.7 Å². The van der Waals surface area contributed by atoms with E-state index in [1.165, 1.54) is 31.2 Å². The third-order valence-corrected chi connectivity index (χ3v) is 2.84. The molecule has 1 rings (SSSR count). The van der Waals surface area contributed by atoms with Crippen LogP contribution in [0.2, 0.25) is 0 Å². The van der Waals surface area contributed by atoms with Gasteiger partial charge in [-0.1, -0.05) is 32.6 Å². The average Bonchev–Trinajstić information content (AvgIpc) is 2.29. The number of nitrogens with two attached hydrogens (primary N) is 1. The van der Waals surface area contributed by atoms with Crippen LogP contribution in [-0.2, 0) is 0 Å². The Balaban J connectivity index is 2.47. The van der Waals surface area contributed by atoms with Gasteiger partial charge in [-0.3, -0.25) is 16.3 Å². The molecular weight excluding hydrogens is 198 g/mol. The molecule has 1 aromatic heterocycles. The maximum absolute atomic E-state index is 5.58. The summed E-state index contributed by atoms with van der Waals surface area (Å²) in [5, 5.41) is 0. The average molecular weight is 221 g/mol. The maximum atomic E-state index is 5.58. The molecule has 0 saturated carbocycles. The summed E-state index contributed by atoms with van der Waals surface area (Å²) in [6.07, 6.45) is 7.97. The summed E-state index contributed by atoms with van der Waals surface area (Å²) in [7, 11) is 0. The largest absolute Gasteiger partial charge is 0.271 e. The molecule has 0 fully saturated rings. The van der Waals surface area contributed by atoms with Crippen molar-refractivity contribution in [1.82, 2.24) is 10.4 Å². The second-order valence-electron chi connectivity index (χ2n) is 4.33. The zero-order valence-corrected chi connectivity index (χ0v) is 10.4. The monoisotopic (exact) mass is 221 g/mol. The number of nitrogens with one attached hydrogen (secondary N) is 1. The van der Waals surface area contributed by atoms with Gasteiger partial charge in [-0.25, -0.2) is 0 Å². The minimum atomic E-state index is 0.191. The number of hydrogen-bond donors (Lipinski definition) is 2. The van der Waals surface area contributed by atoms with E-state index < -0.39 is 0 Å². The fraction of sp³-hybridized carbons (Fsp3) is 0.615. The van der Waals surface area contributed by atoms with Crippen LogP contribution in [-0.4, -0.2) is 4.98 Å². The summed E-state index contributed by atoms with van der Waals surface area (Å²) in [6, 6.07) is 4.30. The molecule has 0 bridgehead atoms. The molecule has 3 heteroatoms. The molecule has 0 aliphatic carbocycles. The van der Waals surface area contributed by atoms with Crippen molar-refractivity contribution in [1.29, 1.82) is 0 Å². The van der Waals surface area contributed by atoms with Gasteiger partial charge in [-0.05, 0) is 31.0 Å². The van der Waals surface area contributed by atoms with Gasteiger partial charge in [0.1, 0.15) is 0 Å². The second-order valence-corrected chi connectivity index (χ2v) is 4.33. The number of hydrazine groups is 1. The molecule has 0 amide bonds. The first-order valence-electron chi connectivity index (χ1n) is 6.16. The van der Waals surface area contributed by atoms with Crippen LogP contribution in [0.4, 0.5) is 0 Å². The van der Waals surface area contributed by atoms with Crippen molar-refractivity contribution < 1.29 is 0 Å². The molecule has 90 valence electrons. The van der Waals surface area contributed by atoms with E-state index in [1.54, 1.807) is 0 Å². The fourth-order valence-corrected chi connectivity index (χ4v) is 1.84. The molecule has 0 aromatic carbocycles. The Labute approximate surface area is 98.4 Å². The van der Waals surface area contributed by atoms with E-state index >= 15 is 0 Å². The van der Waals surface area contributed by atoms with Crippen LogP contribution < -0.4 is 11.3 Å². The number of rotatable bonds is 7. The number of unbranched alkanes of at least 4 members (excludes halogenated alkanes) is 3. The number of pyridine rings is 1. The quantitative estimate of drug-likeness (QED) is 0.423. The molecule has 1 heterocycles. The Morgan fingerprint density at radius 3 is 2.81 bits per heavy atom. The first kappa shape index (κ1) is 13.1. The van der Waals surface area contributed by atoms with Gasteiger partial charge in [0, 0.05) is 6.20 Å². The third-order valence-electron chi connectivity index (χ3n) is 2.84. The van der Waals surface area contributed by atoms with Crippen molar-refractivity contribution in [2.45, 2.75) is 52.0 Å². The summed E-state index contributed by atoms with van der Waals surface area (Å²) < 4.78 is 0. The van der Waals surface area contributed by atoms with E-state index in [-0.39, 0.29) is 6.04 Å². The molecule has 1 atom stereocenters. The highest BCUT2D eigenvalue weighted by atomic mass is 15.2. The van der Waals surface area contributed by atoms with Crippen molar-refractivity contribution in [3.05, 3.63) is 29.6 Å². The summed E-state index contributed by atoms with van der Waals surface area (Å²) >= 11 is 0. The van der Waals surface area contributed by atoms with Crippen LogP contribution in [0.15, 0.2) is 18.3 Å². The minimum absolute atomic E-state index is 0.191. The van der Waals surface area contributed by atoms with Crippen LogP contribution in [0.5, 0.6) is 0 Å².